The third-order valence-corrected chi connectivity index (χ3v) is 4.73. The molecule has 4 heterocycles. The fourth-order valence-corrected chi connectivity index (χ4v) is 3.52. The zero-order valence-corrected chi connectivity index (χ0v) is 13.9. The van der Waals surface area contributed by atoms with Gasteiger partial charge in [-0.3, -0.25) is 0 Å². The number of aliphatic hydroxyl groups is 1. The molecule has 1 fully saturated rings. The molecule has 3 aromatic rings. The van der Waals surface area contributed by atoms with E-state index in [9.17, 15) is 5.11 Å². The second kappa shape index (κ2) is 6.30. The molecule has 8 heteroatoms. The Morgan fingerprint density at radius 3 is 2.96 bits per heavy atom. The molecule has 0 aromatic carbocycles. The molecule has 0 amide bonds. The summed E-state index contributed by atoms with van der Waals surface area (Å²) in [5.41, 5.74) is 9.14. The predicted molar refractivity (Wildman–Crippen MR) is 95.2 cm³/mol. The molecule has 1 aliphatic heterocycles. The normalized spacial score (nSPS) is 20.5. The first kappa shape index (κ1) is 15.8. The second-order valence-electron chi connectivity index (χ2n) is 6.14. The monoisotopic (exact) mass is 340 g/mol. The van der Waals surface area contributed by atoms with Crippen LogP contribution in [0.4, 0.5) is 11.6 Å². The minimum Gasteiger partial charge on any atom is -0.394 e. The third-order valence-electron chi connectivity index (χ3n) is 4.73. The van der Waals surface area contributed by atoms with Gasteiger partial charge in [0.15, 0.2) is 0 Å². The van der Waals surface area contributed by atoms with Gasteiger partial charge in [0.2, 0.25) is 5.95 Å². The zero-order valence-electron chi connectivity index (χ0n) is 13.9. The Labute approximate surface area is 144 Å². The summed E-state index contributed by atoms with van der Waals surface area (Å²) in [5.74, 6) is 0.228. The molecule has 0 unspecified atom stereocenters. The minimum atomic E-state index is 0.00812. The van der Waals surface area contributed by atoms with Crippen LogP contribution in [0.15, 0.2) is 30.7 Å². The topological polar surface area (TPSA) is 113 Å². The largest absolute Gasteiger partial charge is 0.394 e. The van der Waals surface area contributed by atoms with Crippen LogP contribution in [-0.4, -0.2) is 57.4 Å². The average Bonchev–Trinajstić information content (AvgIpc) is 3.25. The number of hydrogen-bond acceptors (Lipinski definition) is 7. The molecule has 0 radical (unpaired) electrons. The number of aromatic amines is 1. The first-order valence-electron chi connectivity index (χ1n) is 8.16. The lowest BCUT2D eigenvalue weighted by Crippen LogP contribution is -2.32. The fourth-order valence-electron chi connectivity index (χ4n) is 3.52. The Bertz CT molecular complexity index is 896. The van der Waals surface area contributed by atoms with E-state index in [1.807, 2.05) is 18.3 Å². The summed E-state index contributed by atoms with van der Waals surface area (Å²) < 4.78 is 5.51. The maximum atomic E-state index is 9.80. The van der Waals surface area contributed by atoms with E-state index in [0.29, 0.717) is 0 Å². The van der Waals surface area contributed by atoms with Crippen LogP contribution in [0.3, 0.4) is 0 Å². The molecule has 1 saturated heterocycles. The number of rotatable bonds is 4. The van der Waals surface area contributed by atoms with Gasteiger partial charge in [0.25, 0.3) is 0 Å². The lowest BCUT2D eigenvalue weighted by atomic mass is 10.1. The van der Waals surface area contributed by atoms with Crippen molar-refractivity contribution in [2.24, 2.45) is 0 Å². The number of nitrogen functional groups attached to an aromatic ring is 1. The Kier molecular flexibility index (Phi) is 3.98. The molecule has 0 saturated carbocycles. The highest BCUT2D eigenvalue weighted by atomic mass is 16.5. The summed E-state index contributed by atoms with van der Waals surface area (Å²) in [6, 6.07) is 3.79. The molecule has 1 aliphatic rings. The number of fused-ring (bicyclic) bond motifs is 1. The Morgan fingerprint density at radius 2 is 2.20 bits per heavy atom. The van der Waals surface area contributed by atoms with Gasteiger partial charge in [-0.15, -0.1) is 0 Å². The van der Waals surface area contributed by atoms with Crippen LogP contribution in [0.5, 0.6) is 0 Å². The summed E-state index contributed by atoms with van der Waals surface area (Å²) in [4.78, 5) is 18.1. The second-order valence-corrected chi connectivity index (χ2v) is 6.14. The average molecular weight is 340 g/mol. The SMILES string of the molecule is CO[C@H]1C[C@@H](CO)N(c2ccnc3[nH]cc(-c4ccnc(N)n4)c23)C1. The van der Waals surface area contributed by atoms with Crippen molar-refractivity contribution in [3.63, 3.8) is 0 Å². The molecule has 130 valence electrons. The number of ether oxygens (including phenoxy) is 1. The molecule has 25 heavy (non-hydrogen) atoms. The van der Waals surface area contributed by atoms with Gasteiger partial charge < -0.3 is 25.5 Å². The number of nitrogens with zero attached hydrogens (tertiary/aromatic N) is 4. The number of aromatic nitrogens is 4. The molecule has 4 N–H and O–H groups in total. The number of hydrogen-bond donors (Lipinski definition) is 3. The van der Waals surface area contributed by atoms with Crippen LogP contribution in [-0.2, 0) is 4.74 Å². The van der Waals surface area contributed by atoms with Crippen molar-refractivity contribution in [1.29, 1.82) is 0 Å². The first-order chi connectivity index (χ1) is 12.2. The predicted octanol–water partition coefficient (Wildman–Crippen LogP) is 1.19. The van der Waals surface area contributed by atoms with Crippen molar-refractivity contribution in [2.45, 2.75) is 18.6 Å². The molecule has 4 rings (SSSR count). The maximum Gasteiger partial charge on any atom is 0.220 e. The molecule has 0 aliphatic carbocycles. The highest BCUT2D eigenvalue weighted by Crippen LogP contribution is 2.37. The van der Waals surface area contributed by atoms with Crippen LogP contribution in [0, 0.1) is 0 Å². The molecular weight excluding hydrogens is 320 g/mol. The summed E-state index contributed by atoms with van der Waals surface area (Å²) >= 11 is 0. The fraction of sp³-hybridized carbons (Fsp3) is 0.353. The molecular formula is C17H20N6O2. The van der Waals surface area contributed by atoms with E-state index in [4.69, 9.17) is 10.5 Å². The number of pyridine rings is 1. The maximum absolute atomic E-state index is 9.80. The number of nitrogens with two attached hydrogens (primary N) is 1. The minimum absolute atomic E-state index is 0.00812. The zero-order chi connectivity index (χ0) is 17.4. The van der Waals surface area contributed by atoms with Crippen LogP contribution in [0.2, 0.25) is 0 Å². The highest BCUT2D eigenvalue weighted by Gasteiger charge is 2.33. The van der Waals surface area contributed by atoms with Gasteiger partial charge in [0, 0.05) is 37.8 Å². The lowest BCUT2D eigenvalue weighted by Gasteiger charge is -2.26. The van der Waals surface area contributed by atoms with Gasteiger partial charge in [-0.1, -0.05) is 0 Å². The van der Waals surface area contributed by atoms with Gasteiger partial charge in [0.1, 0.15) is 5.65 Å². The van der Waals surface area contributed by atoms with Crippen LogP contribution >= 0.6 is 0 Å². The van der Waals surface area contributed by atoms with Crippen molar-refractivity contribution in [1.82, 2.24) is 19.9 Å². The molecule has 3 aromatic heterocycles. The van der Waals surface area contributed by atoms with Gasteiger partial charge in [-0.25, -0.2) is 15.0 Å². The Hall–Kier alpha value is -2.71. The smallest absolute Gasteiger partial charge is 0.220 e. The summed E-state index contributed by atoms with van der Waals surface area (Å²) in [6.45, 7) is 0.793. The Balaban J connectivity index is 1.86. The molecule has 0 spiro atoms. The third kappa shape index (κ3) is 2.69. The van der Waals surface area contributed by atoms with Crippen molar-refractivity contribution < 1.29 is 9.84 Å². The van der Waals surface area contributed by atoms with E-state index in [1.54, 1.807) is 19.5 Å². The summed E-state index contributed by atoms with van der Waals surface area (Å²) in [6.07, 6.45) is 6.16. The van der Waals surface area contributed by atoms with E-state index in [-0.39, 0.29) is 24.7 Å². The highest BCUT2D eigenvalue weighted by molar-refractivity contribution is 6.02. The lowest BCUT2D eigenvalue weighted by molar-refractivity contribution is 0.115. The van der Waals surface area contributed by atoms with Gasteiger partial charge in [0.05, 0.1) is 35.5 Å². The van der Waals surface area contributed by atoms with E-state index in [1.165, 1.54) is 0 Å². The summed E-state index contributed by atoms with van der Waals surface area (Å²) in [7, 11) is 1.70. The molecule has 8 nitrogen and oxygen atoms in total. The summed E-state index contributed by atoms with van der Waals surface area (Å²) in [5, 5.41) is 10.8. The first-order valence-corrected chi connectivity index (χ1v) is 8.16. The Morgan fingerprint density at radius 1 is 1.36 bits per heavy atom. The standard InChI is InChI=1S/C17H20N6O2/c1-25-11-6-10(9-24)23(8-11)14-3-5-19-16-15(14)12(7-21-16)13-2-4-20-17(18)22-13/h2-5,7,10-11,24H,6,8-9H2,1H3,(H,19,21)(H2,18,20,22)/t10-,11-/m0/s1. The van der Waals surface area contributed by atoms with Crippen molar-refractivity contribution in [3.8, 4) is 11.3 Å². The number of nitrogens with one attached hydrogen (secondary N) is 1. The number of H-pyrrole nitrogens is 1. The molecule has 0 bridgehead atoms. The van der Waals surface area contributed by atoms with E-state index in [0.717, 1.165) is 40.9 Å². The quantitative estimate of drug-likeness (QED) is 0.654. The van der Waals surface area contributed by atoms with E-state index >= 15 is 0 Å². The van der Waals surface area contributed by atoms with Gasteiger partial charge in [-0.2, -0.15) is 0 Å². The van der Waals surface area contributed by atoms with E-state index < -0.39 is 0 Å². The van der Waals surface area contributed by atoms with Crippen molar-refractivity contribution in [2.75, 3.05) is 30.9 Å². The van der Waals surface area contributed by atoms with Crippen LogP contribution in [0.25, 0.3) is 22.3 Å². The van der Waals surface area contributed by atoms with Crippen molar-refractivity contribution >= 4 is 22.7 Å². The van der Waals surface area contributed by atoms with Crippen LogP contribution < -0.4 is 10.6 Å². The molecule has 2 atom stereocenters. The van der Waals surface area contributed by atoms with Gasteiger partial charge >= 0.3 is 0 Å². The number of aliphatic hydroxyl groups excluding tert-OH is 1. The van der Waals surface area contributed by atoms with Crippen molar-refractivity contribution in [3.05, 3.63) is 30.7 Å². The number of anilines is 2. The van der Waals surface area contributed by atoms with Gasteiger partial charge in [-0.05, 0) is 18.6 Å². The number of methoxy groups -OCH3 is 1. The van der Waals surface area contributed by atoms with Crippen LogP contribution in [0.1, 0.15) is 6.42 Å². The van der Waals surface area contributed by atoms with E-state index in [2.05, 4.69) is 24.8 Å².